The van der Waals surface area contributed by atoms with Gasteiger partial charge in [0.15, 0.2) is 0 Å². The fourth-order valence-electron chi connectivity index (χ4n) is 3.72. The molecule has 0 radical (unpaired) electrons. The van der Waals surface area contributed by atoms with Crippen LogP contribution in [0.4, 0.5) is 5.69 Å². The second-order valence-electron chi connectivity index (χ2n) is 7.11. The van der Waals surface area contributed by atoms with Crippen LogP contribution >= 0.6 is 11.6 Å². The van der Waals surface area contributed by atoms with Crippen molar-refractivity contribution in [1.29, 1.82) is 0 Å². The van der Waals surface area contributed by atoms with Crippen molar-refractivity contribution in [2.75, 3.05) is 18.4 Å². The summed E-state index contributed by atoms with van der Waals surface area (Å²) in [5.41, 5.74) is 1.41. The van der Waals surface area contributed by atoms with Gasteiger partial charge in [-0.1, -0.05) is 48.0 Å². The van der Waals surface area contributed by atoms with Crippen molar-refractivity contribution in [3.63, 3.8) is 0 Å². The minimum Gasteiger partial charge on any atom is -0.338 e. The standard InChI is InChI=1S/C23H21ClN2O2/c24-19-12-10-17(11-13-19)23(28)26-14-4-7-18(15-26)22(27)25-21-9-3-6-16-5-1-2-8-20(16)21/h1-3,5-6,8-13,18H,4,7,14-15H2,(H,25,27)/t18-/m0/s1. The number of piperidine rings is 1. The Morgan fingerprint density at radius 1 is 0.964 bits per heavy atom. The molecule has 4 rings (SSSR count). The molecule has 0 bridgehead atoms. The highest BCUT2D eigenvalue weighted by Gasteiger charge is 2.29. The molecule has 1 saturated heterocycles. The number of carbonyl (C=O) groups is 2. The van der Waals surface area contributed by atoms with E-state index in [9.17, 15) is 9.59 Å². The Labute approximate surface area is 169 Å². The van der Waals surface area contributed by atoms with Crippen LogP contribution in [0.1, 0.15) is 23.2 Å². The highest BCUT2D eigenvalue weighted by atomic mass is 35.5. The number of hydrogen-bond donors (Lipinski definition) is 1. The molecule has 3 aromatic rings. The first-order chi connectivity index (χ1) is 13.6. The summed E-state index contributed by atoms with van der Waals surface area (Å²) in [6.45, 7) is 1.09. The highest BCUT2D eigenvalue weighted by molar-refractivity contribution is 6.30. The summed E-state index contributed by atoms with van der Waals surface area (Å²) >= 11 is 5.91. The average molecular weight is 393 g/mol. The van der Waals surface area contributed by atoms with E-state index in [0.29, 0.717) is 23.7 Å². The maximum absolute atomic E-state index is 12.9. The number of anilines is 1. The topological polar surface area (TPSA) is 49.4 Å². The number of carbonyl (C=O) groups excluding carboxylic acids is 2. The monoisotopic (exact) mass is 392 g/mol. The Morgan fingerprint density at radius 2 is 1.71 bits per heavy atom. The van der Waals surface area contributed by atoms with Crippen molar-refractivity contribution >= 4 is 39.9 Å². The molecule has 142 valence electrons. The lowest BCUT2D eigenvalue weighted by molar-refractivity contribution is -0.121. The highest BCUT2D eigenvalue weighted by Crippen LogP contribution is 2.25. The Bertz CT molecular complexity index is 1010. The van der Waals surface area contributed by atoms with Gasteiger partial charge in [-0.2, -0.15) is 0 Å². The predicted molar refractivity (Wildman–Crippen MR) is 113 cm³/mol. The van der Waals surface area contributed by atoms with Crippen molar-refractivity contribution in [3.8, 4) is 0 Å². The van der Waals surface area contributed by atoms with Crippen LogP contribution in [0.25, 0.3) is 10.8 Å². The molecular weight excluding hydrogens is 372 g/mol. The molecule has 1 aliphatic rings. The van der Waals surface area contributed by atoms with E-state index in [1.165, 1.54) is 0 Å². The van der Waals surface area contributed by atoms with E-state index in [1.807, 2.05) is 42.5 Å². The minimum atomic E-state index is -0.219. The van der Waals surface area contributed by atoms with E-state index in [-0.39, 0.29) is 17.7 Å². The summed E-state index contributed by atoms with van der Waals surface area (Å²) in [5, 5.41) is 5.77. The van der Waals surface area contributed by atoms with Crippen molar-refractivity contribution in [3.05, 3.63) is 77.3 Å². The van der Waals surface area contributed by atoms with Crippen LogP contribution in [0.3, 0.4) is 0 Å². The van der Waals surface area contributed by atoms with Crippen molar-refractivity contribution < 1.29 is 9.59 Å². The smallest absolute Gasteiger partial charge is 0.253 e. The van der Waals surface area contributed by atoms with Crippen molar-refractivity contribution in [2.24, 2.45) is 5.92 Å². The molecule has 1 N–H and O–H groups in total. The van der Waals surface area contributed by atoms with Crippen molar-refractivity contribution in [2.45, 2.75) is 12.8 Å². The SMILES string of the molecule is O=C(Nc1cccc2ccccc12)[C@H]1CCCN(C(=O)c2ccc(Cl)cc2)C1. The number of amides is 2. The van der Waals surface area contributed by atoms with Gasteiger partial charge in [-0.15, -0.1) is 0 Å². The lowest BCUT2D eigenvalue weighted by Crippen LogP contribution is -2.43. The molecule has 1 atom stereocenters. The zero-order valence-electron chi connectivity index (χ0n) is 15.4. The maximum atomic E-state index is 12.9. The molecule has 0 aliphatic carbocycles. The largest absolute Gasteiger partial charge is 0.338 e. The normalized spacial score (nSPS) is 16.8. The van der Waals surface area contributed by atoms with E-state index >= 15 is 0 Å². The van der Waals surface area contributed by atoms with E-state index in [0.717, 1.165) is 29.3 Å². The molecule has 1 fully saturated rings. The van der Waals surface area contributed by atoms with Gasteiger partial charge in [0.1, 0.15) is 0 Å². The third kappa shape index (κ3) is 3.87. The molecule has 0 aromatic heterocycles. The number of benzene rings is 3. The average Bonchev–Trinajstić information content (AvgIpc) is 2.74. The number of likely N-dealkylation sites (tertiary alicyclic amines) is 1. The molecular formula is C23H21ClN2O2. The Kier molecular flexibility index (Phi) is 5.31. The third-order valence-corrected chi connectivity index (χ3v) is 5.47. The number of nitrogens with one attached hydrogen (secondary N) is 1. The lowest BCUT2D eigenvalue weighted by atomic mass is 9.96. The van der Waals surface area contributed by atoms with E-state index in [1.54, 1.807) is 29.2 Å². The molecule has 2 amide bonds. The Morgan fingerprint density at radius 3 is 2.54 bits per heavy atom. The minimum absolute atomic E-state index is 0.0371. The molecule has 1 aliphatic heterocycles. The summed E-state index contributed by atoms with van der Waals surface area (Å²) in [6.07, 6.45) is 1.59. The van der Waals surface area contributed by atoms with Gasteiger partial charge in [-0.05, 0) is 48.6 Å². The van der Waals surface area contributed by atoms with Gasteiger partial charge in [0, 0.05) is 34.7 Å². The number of fused-ring (bicyclic) bond motifs is 1. The molecule has 4 nitrogen and oxygen atoms in total. The number of rotatable bonds is 3. The van der Waals surface area contributed by atoms with Gasteiger partial charge in [0.25, 0.3) is 5.91 Å². The number of halogens is 1. The second-order valence-corrected chi connectivity index (χ2v) is 7.55. The van der Waals surface area contributed by atoms with Gasteiger partial charge in [0.2, 0.25) is 5.91 Å². The van der Waals surface area contributed by atoms with Crippen LogP contribution in [-0.4, -0.2) is 29.8 Å². The van der Waals surface area contributed by atoms with Crippen LogP contribution in [0, 0.1) is 5.92 Å². The fraction of sp³-hybridized carbons (Fsp3) is 0.217. The summed E-state index contributed by atoms with van der Waals surface area (Å²) in [5.74, 6) is -0.312. The molecule has 0 unspecified atom stereocenters. The summed E-state index contributed by atoms with van der Waals surface area (Å²) in [4.78, 5) is 27.4. The van der Waals surface area contributed by atoms with Gasteiger partial charge in [-0.3, -0.25) is 9.59 Å². The van der Waals surface area contributed by atoms with Crippen LogP contribution in [-0.2, 0) is 4.79 Å². The molecule has 1 heterocycles. The van der Waals surface area contributed by atoms with Gasteiger partial charge in [0.05, 0.1) is 5.92 Å². The quantitative estimate of drug-likeness (QED) is 0.683. The lowest BCUT2D eigenvalue weighted by Gasteiger charge is -2.32. The van der Waals surface area contributed by atoms with Crippen LogP contribution in [0.15, 0.2) is 66.7 Å². The van der Waals surface area contributed by atoms with E-state index in [4.69, 9.17) is 11.6 Å². The zero-order chi connectivity index (χ0) is 19.5. The van der Waals surface area contributed by atoms with Crippen molar-refractivity contribution in [1.82, 2.24) is 4.90 Å². The van der Waals surface area contributed by atoms with Crippen LogP contribution in [0.5, 0.6) is 0 Å². The van der Waals surface area contributed by atoms with Crippen LogP contribution in [0.2, 0.25) is 5.02 Å². The first-order valence-electron chi connectivity index (χ1n) is 9.45. The number of hydrogen-bond acceptors (Lipinski definition) is 2. The summed E-state index contributed by atoms with van der Waals surface area (Å²) in [7, 11) is 0. The Balaban J connectivity index is 1.47. The van der Waals surface area contributed by atoms with Gasteiger partial charge < -0.3 is 10.2 Å². The zero-order valence-corrected chi connectivity index (χ0v) is 16.2. The predicted octanol–water partition coefficient (Wildman–Crippen LogP) is 4.98. The first kappa shape index (κ1) is 18.5. The number of nitrogens with zero attached hydrogens (tertiary/aromatic N) is 1. The Hall–Kier alpha value is -2.85. The molecule has 5 heteroatoms. The summed E-state index contributed by atoms with van der Waals surface area (Å²) < 4.78 is 0. The first-order valence-corrected chi connectivity index (χ1v) is 9.83. The summed E-state index contributed by atoms with van der Waals surface area (Å²) in [6, 6.07) is 20.7. The molecule has 0 spiro atoms. The van der Waals surface area contributed by atoms with E-state index < -0.39 is 0 Å². The molecule has 3 aromatic carbocycles. The fourth-order valence-corrected chi connectivity index (χ4v) is 3.85. The van der Waals surface area contributed by atoms with Crippen LogP contribution < -0.4 is 5.32 Å². The van der Waals surface area contributed by atoms with E-state index in [2.05, 4.69) is 5.32 Å². The third-order valence-electron chi connectivity index (χ3n) is 5.22. The van der Waals surface area contributed by atoms with Gasteiger partial charge in [-0.25, -0.2) is 0 Å². The second kappa shape index (κ2) is 8.03. The van der Waals surface area contributed by atoms with Gasteiger partial charge >= 0.3 is 0 Å². The molecule has 0 saturated carbocycles. The molecule has 28 heavy (non-hydrogen) atoms. The maximum Gasteiger partial charge on any atom is 0.253 e.